The third-order valence-electron chi connectivity index (χ3n) is 8.09. The Morgan fingerprint density at radius 1 is 0.977 bits per heavy atom. The molecule has 0 saturated heterocycles. The van der Waals surface area contributed by atoms with Crippen LogP contribution < -0.4 is 10.0 Å². The van der Waals surface area contributed by atoms with Gasteiger partial charge in [-0.05, 0) is 105 Å². The molecule has 0 spiro atoms. The molecule has 0 aromatic heterocycles. The van der Waals surface area contributed by atoms with Gasteiger partial charge in [-0.25, -0.2) is 17.5 Å². The van der Waals surface area contributed by atoms with Gasteiger partial charge in [0.15, 0.2) is 0 Å². The number of benzene rings is 3. The van der Waals surface area contributed by atoms with Crippen LogP contribution in [0.15, 0.2) is 77.7 Å². The van der Waals surface area contributed by atoms with Gasteiger partial charge in [0.1, 0.15) is 5.82 Å². The normalized spacial score (nSPS) is 17.7. The molecule has 0 heterocycles. The van der Waals surface area contributed by atoms with Crippen molar-refractivity contribution in [1.29, 1.82) is 0 Å². The van der Waals surface area contributed by atoms with E-state index in [4.69, 9.17) is 4.74 Å². The summed E-state index contributed by atoms with van der Waals surface area (Å²) in [5.41, 5.74) is 3.73. The van der Waals surface area contributed by atoms with Crippen LogP contribution in [-0.4, -0.2) is 51.9 Å². The zero-order valence-electron chi connectivity index (χ0n) is 25.6. The maximum Gasteiger partial charge on any atom is 0.320 e. The van der Waals surface area contributed by atoms with E-state index in [0.717, 1.165) is 35.1 Å². The van der Waals surface area contributed by atoms with Crippen LogP contribution in [0.4, 0.5) is 4.39 Å². The predicted octanol–water partition coefficient (Wildman–Crippen LogP) is 5.45. The number of halogens is 1. The fraction of sp³-hybridized carbons (Fsp3) is 0.412. The van der Waals surface area contributed by atoms with Gasteiger partial charge in [0, 0.05) is 19.0 Å². The first-order valence-electron chi connectivity index (χ1n) is 15.1. The largest absolute Gasteiger partial charge is 0.465 e. The average Bonchev–Trinajstić information content (AvgIpc) is 3.01. The van der Waals surface area contributed by atoms with Crippen LogP contribution in [0.2, 0.25) is 0 Å². The van der Waals surface area contributed by atoms with Crippen molar-refractivity contribution < 1.29 is 27.1 Å². The lowest BCUT2D eigenvalue weighted by Gasteiger charge is -2.29. The number of hydrogen-bond donors (Lipinski definition) is 2. The third-order valence-corrected chi connectivity index (χ3v) is 9.53. The Labute approximate surface area is 260 Å². The van der Waals surface area contributed by atoms with Crippen LogP contribution in [0, 0.1) is 17.7 Å². The van der Waals surface area contributed by atoms with Gasteiger partial charge in [-0.3, -0.25) is 14.5 Å². The van der Waals surface area contributed by atoms with E-state index < -0.39 is 10.0 Å². The SMILES string of the molecule is CCOC(=O)CN(C)Cc1cccc(-c2ccc(S(=O)(=O)NCC3CCC(C(=O)N[C@H](C)c4ccc(F)cc4)CC3)cc2)c1. The molecule has 0 unspecified atom stereocenters. The van der Waals surface area contributed by atoms with E-state index in [2.05, 4.69) is 10.0 Å². The Balaban J connectivity index is 1.25. The minimum atomic E-state index is -3.68. The second-order valence-corrected chi connectivity index (χ2v) is 13.3. The Morgan fingerprint density at radius 2 is 1.66 bits per heavy atom. The molecule has 0 aliphatic heterocycles. The number of rotatable bonds is 13. The van der Waals surface area contributed by atoms with Gasteiger partial charge in [-0.2, -0.15) is 0 Å². The van der Waals surface area contributed by atoms with Crippen LogP contribution in [-0.2, 0) is 30.9 Å². The predicted molar refractivity (Wildman–Crippen MR) is 168 cm³/mol. The van der Waals surface area contributed by atoms with Crippen molar-refractivity contribution >= 4 is 21.9 Å². The van der Waals surface area contributed by atoms with Crippen LogP contribution in [0.3, 0.4) is 0 Å². The van der Waals surface area contributed by atoms with E-state index >= 15 is 0 Å². The molecular formula is C34H42FN3O5S. The summed E-state index contributed by atoms with van der Waals surface area (Å²) < 4.78 is 47.1. The lowest BCUT2D eigenvalue weighted by atomic mass is 9.81. The molecular weight excluding hydrogens is 581 g/mol. The number of amides is 1. The molecule has 0 bridgehead atoms. The first-order chi connectivity index (χ1) is 21.0. The van der Waals surface area contributed by atoms with Crippen LogP contribution in [0.25, 0.3) is 11.1 Å². The molecule has 1 atom stereocenters. The van der Waals surface area contributed by atoms with Crippen molar-refractivity contribution in [1.82, 2.24) is 14.9 Å². The topological polar surface area (TPSA) is 105 Å². The lowest BCUT2D eigenvalue weighted by molar-refractivity contribution is -0.144. The van der Waals surface area contributed by atoms with Crippen molar-refractivity contribution in [2.75, 3.05) is 26.7 Å². The Bertz CT molecular complexity index is 1500. The Kier molecular flexibility index (Phi) is 11.7. The van der Waals surface area contributed by atoms with Crippen molar-refractivity contribution in [3.63, 3.8) is 0 Å². The zero-order valence-corrected chi connectivity index (χ0v) is 26.4. The van der Waals surface area contributed by atoms with Crippen molar-refractivity contribution in [3.8, 4) is 11.1 Å². The number of nitrogens with zero attached hydrogens (tertiary/aromatic N) is 1. The highest BCUT2D eigenvalue weighted by Crippen LogP contribution is 2.30. The van der Waals surface area contributed by atoms with E-state index in [1.54, 1.807) is 43.3 Å². The Morgan fingerprint density at radius 3 is 2.32 bits per heavy atom. The van der Waals surface area contributed by atoms with Gasteiger partial charge < -0.3 is 10.1 Å². The summed E-state index contributed by atoms with van der Waals surface area (Å²) in [5.74, 6) is -0.549. The Hall–Kier alpha value is -3.60. The quantitative estimate of drug-likeness (QED) is 0.246. The molecule has 1 saturated carbocycles. The number of sulfonamides is 1. The van der Waals surface area contributed by atoms with Gasteiger partial charge in [0.25, 0.3) is 0 Å². The summed E-state index contributed by atoms with van der Waals surface area (Å²) in [5, 5.41) is 3.02. The van der Waals surface area contributed by atoms with Gasteiger partial charge in [-0.15, -0.1) is 0 Å². The number of likely N-dealkylation sites (N-methyl/N-ethyl adjacent to an activating group) is 1. The molecule has 44 heavy (non-hydrogen) atoms. The number of ether oxygens (including phenoxy) is 1. The second-order valence-electron chi connectivity index (χ2n) is 11.6. The highest BCUT2D eigenvalue weighted by Gasteiger charge is 2.28. The average molecular weight is 624 g/mol. The standard InChI is InChI=1S/C34H42FN3O5S/c1-4-43-33(39)23-38(3)22-26-6-5-7-30(20-26)28-14-18-32(19-15-28)44(41,42)36-21-25-8-10-29(11-9-25)34(40)37-24(2)27-12-16-31(35)17-13-27/h5-7,12-20,24-25,29,36H,4,8-11,21-23H2,1-3H3,(H,37,40)/t24-,25?,29?/m1/s1. The number of carbonyl (C=O) groups excluding carboxylic acids is 2. The van der Waals surface area contributed by atoms with Gasteiger partial charge >= 0.3 is 5.97 Å². The van der Waals surface area contributed by atoms with Crippen molar-refractivity contribution in [2.24, 2.45) is 11.8 Å². The molecule has 0 radical (unpaired) electrons. The van der Waals surface area contributed by atoms with E-state index in [-0.39, 0.29) is 47.0 Å². The molecule has 3 aromatic carbocycles. The van der Waals surface area contributed by atoms with Crippen molar-refractivity contribution in [3.05, 3.63) is 89.7 Å². The van der Waals surface area contributed by atoms with Crippen LogP contribution in [0.1, 0.15) is 56.7 Å². The molecule has 8 nitrogen and oxygen atoms in total. The number of esters is 1. The maximum absolute atomic E-state index is 13.2. The minimum absolute atomic E-state index is 0.0184. The molecule has 2 N–H and O–H groups in total. The fourth-order valence-corrected chi connectivity index (χ4v) is 6.69. The number of nitrogens with one attached hydrogen (secondary N) is 2. The highest BCUT2D eigenvalue weighted by molar-refractivity contribution is 7.89. The first kappa shape index (κ1) is 33.3. The maximum atomic E-state index is 13.2. The van der Waals surface area contributed by atoms with Crippen LogP contribution >= 0.6 is 0 Å². The zero-order chi connectivity index (χ0) is 31.7. The van der Waals surface area contributed by atoms with E-state index in [1.807, 2.05) is 43.1 Å². The lowest BCUT2D eigenvalue weighted by Crippen LogP contribution is -2.37. The fourth-order valence-electron chi connectivity index (χ4n) is 5.58. The molecule has 1 amide bonds. The molecule has 4 rings (SSSR count). The highest BCUT2D eigenvalue weighted by atomic mass is 32.2. The van der Waals surface area contributed by atoms with E-state index in [9.17, 15) is 22.4 Å². The van der Waals surface area contributed by atoms with E-state index in [1.165, 1.54) is 12.1 Å². The molecule has 10 heteroatoms. The molecule has 3 aromatic rings. The first-order valence-corrected chi connectivity index (χ1v) is 16.6. The summed E-state index contributed by atoms with van der Waals surface area (Å²) >= 11 is 0. The second kappa shape index (κ2) is 15.4. The summed E-state index contributed by atoms with van der Waals surface area (Å²) in [6, 6.07) is 20.7. The molecule has 1 aliphatic rings. The third kappa shape index (κ3) is 9.45. The number of hydrogen-bond acceptors (Lipinski definition) is 6. The van der Waals surface area contributed by atoms with E-state index in [0.29, 0.717) is 32.5 Å². The van der Waals surface area contributed by atoms with Gasteiger partial charge in [0.2, 0.25) is 15.9 Å². The molecule has 1 aliphatic carbocycles. The van der Waals surface area contributed by atoms with Gasteiger partial charge in [-0.1, -0.05) is 42.5 Å². The minimum Gasteiger partial charge on any atom is -0.465 e. The number of carbonyl (C=O) groups is 2. The van der Waals surface area contributed by atoms with Crippen LogP contribution in [0.5, 0.6) is 0 Å². The van der Waals surface area contributed by atoms with Gasteiger partial charge in [0.05, 0.1) is 24.1 Å². The monoisotopic (exact) mass is 623 g/mol. The summed E-state index contributed by atoms with van der Waals surface area (Å²) in [6.45, 7) is 5.12. The smallest absolute Gasteiger partial charge is 0.320 e. The molecule has 1 fully saturated rings. The van der Waals surface area contributed by atoms with Crippen molar-refractivity contribution in [2.45, 2.75) is 57.0 Å². The summed E-state index contributed by atoms with van der Waals surface area (Å²) in [4.78, 5) is 26.6. The summed E-state index contributed by atoms with van der Waals surface area (Å²) in [7, 11) is -1.83. The molecule has 236 valence electrons. The summed E-state index contributed by atoms with van der Waals surface area (Å²) in [6.07, 6.45) is 2.91.